The molecule has 0 bridgehead atoms. The third-order valence-electron chi connectivity index (χ3n) is 20.6. The molecule has 0 amide bonds. The number of hydrogen-bond acceptors (Lipinski definition) is 25. The number of halogens is 11. The zero-order valence-corrected chi connectivity index (χ0v) is 85.1. The van der Waals surface area contributed by atoms with E-state index in [9.17, 15) is 75.6 Å². The predicted molar refractivity (Wildman–Crippen MR) is 528 cm³/mol. The molecule has 1 atom stereocenters. The smallest absolute Gasteiger partial charge is 0.343 e. The van der Waals surface area contributed by atoms with Gasteiger partial charge in [-0.25, -0.2) is 46.1 Å². The van der Waals surface area contributed by atoms with E-state index in [1.54, 1.807) is 106 Å². The zero-order chi connectivity index (χ0) is 106. The second kappa shape index (κ2) is 55.8. The number of rotatable bonds is 35. The van der Waals surface area contributed by atoms with Gasteiger partial charge >= 0.3 is 29.8 Å². The third-order valence-corrected chi connectivity index (χ3v) is 22.7. The van der Waals surface area contributed by atoms with Crippen LogP contribution >= 0.6 is 73.9 Å². The molecule has 29 nitrogen and oxygen atoms in total. The minimum absolute atomic E-state index is 0.000193. The van der Waals surface area contributed by atoms with Gasteiger partial charge in [-0.05, 0) is 141 Å². The van der Waals surface area contributed by atoms with Crippen LogP contribution in [0.2, 0.25) is 25.1 Å². The lowest BCUT2D eigenvalue weighted by atomic mass is 9.96. The van der Waals surface area contributed by atoms with E-state index in [0.717, 1.165) is 0 Å². The molecule has 0 aliphatic carbocycles. The summed E-state index contributed by atoms with van der Waals surface area (Å²) in [7, 11) is 20.5. The molecule has 758 valence electrons. The molecule has 1 aromatic heterocycles. The number of aliphatic hydroxyl groups is 1. The van der Waals surface area contributed by atoms with Crippen LogP contribution in [0.4, 0.5) is 22.0 Å². The van der Waals surface area contributed by atoms with Crippen LogP contribution in [0, 0.1) is 29.1 Å². The number of aromatic carboxylic acids is 3. The van der Waals surface area contributed by atoms with Crippen molar-refractivity contribution in [1.29, 1.82) is 0 Å². The van der Waals surface area contributed by atoms with Crippen LogP contribution in [0.25, 0.3) is 0 Å². The Kier molecular flexibility index (Phi) is 45.1. The molecule has 1 unspecified atom stereocenters. The standard InChI is InChI=1S/C23H25ClFNO5.C20H20ClFO5.C19H16ClFN2O3.C16H14ClFO5.C16H14ClFO4.C9H9BrO4/c1-6-31-23(28)17(13-26(2)3)22(27)16-11-15(19(29-4)12-20(16)30-5)10-14-8-7-9-18(24)21(14)25;1-4-27-19(24)10-16(23)14-9-13(17(25-2)11-18(14)26-3)8-12-6-5-7-15(21)20(12)22;1-25-16-10-17(26-2)14(19(24)23-7-6-22-11-23)9-13(16)8-12-4-3-5-15(20)18(12)21;1-22-12-7-13(23-2)10(16(20)21)6-9(12)15(19)8-4-3-5-11(17)14(8)18;1-21-13-8-14(22-2)11(16(19)20)7-10(13)6-9-4-3-5-12(17)15(9)18;1-13-7-4-8(14-2)6(10)3-5(7)9(11)12/h7-9,11-13H,6,10H2,1-5H3;5-7,9,11H,4,8,10H2,1-3H3;3-7,9-11H,8H2,1-2H3;3-7,15,19H,1-2H3,(H,20,21);3-5,7-8H,6H2,1-2H3,(H,19,20);3-4H,1-2H3,(H,11,12)/b17-13-;;;;;. The number of carbonyl (C=O) groups excluding carboxylic acids is 5. The average molecular weight is 2150 g/mol. The van der Waals surface area contributed by atoms with Crippen molar-refractivity contribution in [3.05, 3.63) is 342 Å². The zero-order valence-electron chi connectivity index (χ0n) is 79.7. The lowest BCUT2D eigenvalue weighted by Gasteiger charge is -2.18. The molecular formula is C103H98BrCl5F5N3O26. The first kappa shape index (κ1) is 116. The van der Waals surface area contributed by atoms with Crippen LogP contribution in [0.3, 0.4) is 0 Å². The van der Waals surface area contributed by atoms with Crippen molar-refractivity contribution >= 4 is 121 Å². The van der Waals surface area contributed by atoms with E-state index in [-0.39, 0.29) is 149 Å². The molecule has 1 heterocycles. The maximum atomic E-state index is 14.4. The Morgan fingerprint density at radius 3 is 1.06 bits per heavy atom. The summed E-state index contributed by atoms with van der Waals surface area (Å²) in [5.41, 5.74) is 4.11. The molecule has 0 aliphatic rings. The maximum Gasteiger partial charge on any atom is 0.343 e. The number of imidazole rings is 1. The van der Waals surface area contributed by atoms with Crippen molar-refractivity contribution in [2.24, 2.45) is 0 Å². The number of methoxy groups -OCH3 is 12. The molecule has 0 spiro atoms. The Morgan fingerprint density at radius 1 is 0.385 bits per heavy atom. The number of Topliss-reactive ketones (excluding diaryl/α,β-unsaturated/α-hetero) is 2. The van der Waals surface area contributed by atoms with Crippen molar-refractivity contribution in [3.63, 3.8) is 0 Å². The Bertz CT molecular complexity index is 6610. The molecule has 4 N–H and O–H groups in total. The SMILES string of the molecule is CCOC(=O)/C(=C\N(C)C)C(=O)c1cc(Cc2cccc(Cl)c2F)c(OC)cc1OC.CCOC(=O)CC(=O)c1cc(Cc2cccc(Cl)c2F)c(OC)cc1OC.COc1cc(OC)c(C(=O)O)cc1Br.COc1cc(OC)c(C(=O)O)cc1Cc1cccc(Cl)c1F.COc1cc(OC)c(C(=O)n2ccnc2)cc1Cc1cccc(Cl)c1F.COc1cc(OC)c(C(O)c2cccc(Cl)c2F)cc1C(=O)O. The molecule has 143 heavy (non-hydrogen) atoms. The van der Waals surface area contributed by atoms with E-state index in [4.69, 9.17) is 129 Å². The molecule has 40 heteroatoms. The van der Waals surface area contributed by atoms with Gasteiger partial charge in [-0.3, -0.25) is 23.7 Å². The van der Waals surface area contributed by atoms with E-state index >= 15 is 0 Å². The summed E-state index contributed by atoms with van der Waals surface area (Å²) in [6.45, 7) is 3.62. The second-order valence-electron chi connectivity index (χ2n) is 29.7. The summed E-state index contributed by atoms with van der Waals surface area (Å²) in [6, 6.07) is 40.8. The number of aromatic nitrogens is 2. The highest BCUT2D eigenvalue weighted by molar-refractivity contribution is 9.10. The Labute approximate surface area is 852 Å². The van der Waals surface area contributed by atoms with E-state index < -0.39 is 83.0 Å². The average Bonchev–Trinajstić information content (AvgIpc) is 1.70. The Balaban J connectivity index is 0.000000236. The minimum Gasteiger partial charge on any atom is -0.496 e. The summed E-state index contributed by atoms with van der Waals surface area (Å²) in [5, 5.41) is 37.7. The molecule has 12 aromatic rings. The Hall–Kier alpha value is -14.3. The maximum absolute atomic E-state index is 14.4. The predicted octanol–water partition coefficient (Wildman–Crippen LogP) is 21.7. The first-order valence-electron chi connectivity index (χ1n) is 42.2. The highest BCUT2D eigenvalue weighted by Crippen LogP contribution is 2.42. The molecule has 11 aromatic carbocycles. The number of hydrogen-bond donors (Lipinski definition) is 4. The van der Waals surface area contributed by atoms with Crippen LogP contribution < -0.4 is 56.8 Å². The van der Waals surface area contributed by atoms with Gasteiger partial charge in [0.25, 0.3) is 5.91 Å². The molecule has 0 saturated heterocycles. The first-order valence-corrected chi connectivity index (χ1v) is 44.9. The van der Waals surface area contributed by atoms with Crippen molar-refractivity contribution in [3.8, 4) is 69.0 Å². The quantitative estimate of drug-likeness (QED) is 0.00716. The number of esters is 2. The summed E-state index contributed by atoms with van der Waals surface area (Å²) in [6.07, 6.45) is 4.62. The van der Waals surface area contributed by atoms with E-state index in [0.29, 0.717) is 89.0 Å². The minimum atomic E-state index is -1.45. The van der Waals surface area contributed by atoms with Crippen LogP contribution in [0.15, 0.2) is 199 Å². The highest BCUT2D eigenvalue weighted by Gasteiger charge is 2.31. The fourth-order valence-corrected chi connectivity index (χ4v) is 15.2. The molecule has 12 rings (SSSR count). The van der Waals surface area contributed by atoms with Gasteiger partial charge in [0.1, 0.15) is 139 Å². The fourth-order valence-electron chi connectivity index (χ4n) is 13.7. The Morgan fingerprint density at radius 2 is 0.699 bits per heavy atom. The summed E-state index contributed by atoms with van der Waals surface area (Å²) >= 11 is 32.3. The normalized spacial score (nSPS) is 10.8. The van der Waals surface area contributed by atoms with Crippen molar-refractivity contribution in [2.45, 2.75) is 52.1 Å². The number of ether oxygens (including phenoxy) is 14. The third kappa shape index (κ3) is 30.6. The van der Waals surface area contributed by atoms with Gasteiger partial charge in [-0.15, -0.1) is 0 Å². The highest BCUT2D eigenvalue weighted by atomic mass is 79.9. The molecule has 0 fully saturated rings. The molecular weight excluding hydrogens is 2050 g/mol. The van der Waals surface area contributed by atoms with Crippen molar-refractivity contribution in [1.82, 2.24) is 14.5 Å². The lowest BCUT2D eigenvalue weighted by Crippen LogP contribution is -2.20. The van der Waals surface area contributed by atoms with E-state index in [2.05, 4.69) is 20.9 Å². The van der Waals surface area contributed by atoms with Crippen LogP contribution in [-0.2, 0) is 44.7 Å². The second-order valence-corrected chi connectivity index (χ2v) is 32.6. The van der Waals surface area contributed by atoms with Crippen LogP contribution in [-0.4, -0.2) is 195 Å². The largest absolute Gasteiger partial charge is 0.496 e. The summed E-state index contributed by atoms with van der Waals surface area (Å²) in [5.74, 6) is -5.22. The van der Waals surface area contributed by atoms with Gasteiger partial charge < -0.3 is 91.6 Å². The first-order chi connectivity index (χ1) is 68.1. The fraction of sp³-hybridized carbons (Fsp3) is 0.233. The summed E-state index contributed by atoms with van der Waals surface area (Å²) in [4.78, 5) is 101. The van der Waals surface area contributed by atoms with E-state index in [1.807, 2.05) is 0 Å². The monoisotopic (exact) mass is 2140 g/mol. The molecule has 0 radical (unpaired) electrons. The summed E-state index contributed by atoms with van der Waals surface area (Å²) < 4.78 is 145. The van der Waals surface area contributed by atoms with Gasteiger partial charge in [0, 0.05) is 106 Å². The van der Waals surface area contributed by atoms with Gasteiger partial charge in [0.2, 0.25) is 5.78 Å². The van der Waals surface area contributed by atoms with Gasteiger partial charge in [0.15, 0.2) is 5.78 Å². The van der Waals surface area contributed by atoms with Crippen molar-refractivity contribution < 1.29 is 147 Å². The number of carboxylic acids is 3. The van der Waals surface area contributed by atoms with Crippen LogP contribution in [0.5, 0.6) is 69.0 Å². The van der Waals surface area contributed by atoms with Crippen molar-refractivity contribution in [2.75, 3.05) is 113 Å². The number of ketones is 2. The number of carboxylic acid groups (broad SMARTS) is 3. The van der Waals surface area contributed by atoms with E-state index in [1.165, 1.54) is 206 Å². The topological polar surface area (TPSA) is 368 Å². The molecule has 0 aliphatic heterocycles. The van der Waals surface area contributed by atoms with Gasteiger partial charge in [-0.2, -0.15) is 0 Å². The number of nitrogens with zero attached hydrogens (tertiary/aromatic N) is 3. The number of aliphatic hydroxyl groups excluding tert-OH is 1. The van der Waals surface area contributed by atoms with Gasteiger partial charge in [-0.1, -0.05) is 119 Å². The number of carbonyl (C=O) groups is 8. The van der Waals surface area contributed by atoms with Crippen LogP contribution in [0.1, 0.15) is 144 Å². The molecule has 0 saturated carbocycles. The number of benzene rings is 11. The van der Waals surface area contributed by atoms with Gasteiger partial charge in [0.05, 0.1) is 145 Å². The lowest BCUT2D eigenvalue weighted by molar-refractivity contribution is -0.142.